The molecule has 0 atom stereocenters. The predicted octanol–water partition coefficient (Wildman–Crippen LogP) is 4.68. The summed E-state index contributed by atoms with van der Waals surface area (Å²) in [6.45, 7) is 10.8. The molecule has 2 heteroatoms. The number of nitrogens with zero attached hydrogens (tertiary/aromatic N) is 1. The Hall–Kier alpha value is -1.31. The molecule has 0 amide bonds. The zero-order chi connectivity index (χ0) is 12.8. The molecule has 0 spiro atoms. The molecule has 1 rings (SSSR count). The van der Waals surface area contributed by atoms with Gasteiger partial charge in [-0.3, -0.25) is 0 Å². The zero-order valence-corrected chi connectivity index (χ0v) is 11.7. The van der Waals surface area contributed by atoms with Crippen LogP contribution < -0.4 is 0 Å². The van der Waals surface area contributed by atoms with Crippen LogP contribution in [0.5, 0.6) is 0 Å². The Morgan fingerprint density at radius 2 is 2.06 bits per heavy atom. The first-order valence-corrected chi connectivity index (χ1v) is 6.34. The van der Waals surface area contributed by atoms with Gasteiger partial charge in [-0.2, -0.15) is 0 Å². The topological polar surface area (TPSA) is 28.7 Å². The SMILES string of the molecule is CC(C)=CCC/C(C)=C/c1cnc(C(C)C)[nH]1. The van der Waals surface area contributed by atoms with Gasteiger partial charge in [-0.1, -0.05) is 31.1 Å². The van der Waals surface area contributed by atoms with Crippen molar-refractivity contribution in [3.05, 3.63) is 34.9 Å². The number of allylic oxidation sites excluding steroid dienone is 3. The molecular weight excluding hydrogens is 208 g/mol. The minimum absolute atomic E-state index is 0.461. The number of hydrogen-bond donors (Lipinski definition) is 1. The number of aromatic amines is 1. The molecule has 0 fully saturated rings. The van der Waals surface area contributed by atoms with Crippen LogP contribution in [0.2, 0.25) is 0 Å². The van der Waals surface area contributed by atoms with Gasteiger partial charge in [0, 0.05) is 5.92 Å². The standard InChI is InChI=1S/C15H24N2/c1-11(2)7-6-8-13(5)9-14-10-16-15(17-14)12(3)4/h7,9-10,12H,6,8H2,1-5H3,(H,16,17)/b13-9+. The third kappa shape index (κ3) is 5.03. The maximum absolute atomic E-state index is 4.37. The molecule has 0 saturated carbocycles. The van der Waals surface area contributed by atoms with Gasteiger partial charge in [-0.15, -0.1) is 0 Å². The largest absolute Gasteiger partial charge is 0.342 e. The van der Waals surface area contributed by atoms with Crippen LogP contribution >= 0.6 is 0 Å². The van der Waals surface area contributed by atoms with Crippen LogP contribution in [0.4, 0.5) is 0 Å². The first-order valence-electron chi connectivity index (χ1n) is 6.34. The minimum Gasteiger partial charge on any atom is -0.342 e. The van der Waals surface area contributed by atoms with Crippen molar-refractivity contribution < 1.29 is 0 Å². The number of aromatic nitrogens is 2. The van der Waals surface area contributed by atoms with Gasteiger partial charge in [-0.05, 0) is 39.7 Å². The summed E-state index contributed by atoms with van der Waals surface area (Å²) in [7, 11) is 0. The number of rotatable bonds is 5. The minimum atomic E-state index is 0.461. The fourth-order valence-electron chi connectivity index (χ4n) is 1.64. The summed E-state index contributed by atoms with van der Waals surface area (Å²) in [5.41, 5.74) is 3.89. The second kappa shape index (κ2) is 6.43. The van der Waals surface area contributed by atoms with E-state index in [0.29, 0.717) is 5.92 Å². The lowest BCUT2D eigenvalue weighted by Gasteiger charge is -1.99. The molecular formula is C15H24N2. The van der Waals surface area contributed by atoms with E-state index >= 15 is 0 Å². The average molecular weight is 232 g/mol. The summed E-state index contributed by atoms with van der Waals surface area (Å²) < 4.78 is 0. The van der Waals surface area contributed by atoms with E-state index < -0.39 is 0 Å². The van der Waals surface area contributed by atoms with E-state index in [1.165, 1.54) is 11.1 Å². The molecule has 1 heterocycles. The molecule has 1 N–H and O–H groups in total. The molecule has 17 heavy (non-hydrogen) atoms. The van der Waals surface area contributed by atoms with Crippen molar-refractivity contribution in [3.8, 4) is 0 Å². The number of imidazole rings is 1. The predicted molar refractivity (Wildman–Crippen MR) is 75.0 cm³/mol. The summed E-state index contributed by atoms with van der Waals surface area (Å²) in [6, 6.07) is 0. The van der Waals surface area contributed by atoms with Gasteiger partial charge >= 0.3 is 0 Å². The normalized spacial score (nSPS) is 12.0. The van der Waals surface area contributed by atoms with Crippen LogP contribution in [-0.2, 0) is 0 Å². The van der Waals surface area contributed by atoms with Crippen molar-refractivity contribution in [3.63, 3.8) is 0 Å². The number of hydrogen-bond acceptors (Lipinski definition) is 1. The number of H-pyrrole nitrogens is 1. The van der Waals surface area contributed by atoms with Crippen LogP contribution in [0.25, 0.3) is 6.08 Å². The van der Waals surface area contributed by atoms with Crippen molar-refractivity contribution in [1.29, 1.82) is 0 Å². The van der Waals surface area contributed by atoms with Crippen molar-refractivity contribution in [2.75, 3.05) is 0 Å². The van der Waals surface area contributed by atoms with Crippen LogP contribution in [-0.4, -0.2) is 9.97 Å². The molecule has 0 unspecified atom stereocenters. The molecule has 0 saturated heterocycles. The molecule has 94 valence electrons. The van der Waals surface area contributed by atoms with Crippen molar-refractivity contribution in [1.82, 2.24) is 9.97 Å². The van der Waals surface area contributed by atoms with E-state index in [4.69, 9.17) is 0 Å². The van der Waals surface area contributed by atoms with Crippen LogP contribution in [0.3, 0.4) is 0 Å². The summed E-state index contributed by atoms with van der Waals surface area (Å²) >= 11 is 0. The zero-order valence-electron chi connectivity index (χ0n) is 11.7. The highest BCUT2D eigenvalue weighted by Gasteiger charge is 2.02. The molecule has 1 aromatic rings. The Balaban J connectivity index is 2.58. The fraction of sp³-hybridized carbons (Fsp3) is 0.533. The van der Waals surface area contributed by atoms with Crippen LogP contribution in [0, 0.1) is 0 Å². The lowest BCUT2D eigenvalue weighted by molar-refractivity contribution is 0.793. The molecule has 0 aromatic carbocycles. The summed E-state index contributed by atoms with van der Waals surface area (Å²) in [4.78, 5) is 7.70. The van der Waals surface area contributed by atoms with E-state index in [2.05, 4.69) is 56.7 Å². The molecule has 1 aromatic heterocycles. The van der Waals surface area contributed by atoms with E-state index in [0.717, 1.165) is 24.4 Å². The van der Waals surface area contributed by atoms with Gasteiger partial charge in [0.2, 0.25) is 0 Å². The molecule has 2 nitrogen and oxygen atoms in total. The van der Waals surface area contributed by atoms with Crippen LogP contribution in [0.1, 0.15) is 64.9 Å². The third-order valence-electron chi connectivity index (χ3n) is 2.66. The third-order valence-corrected chi connectivity index (χ3v) is 2.66. The van der Waals surface area contributed by atoms with Crippen molar-refractivity contribution >= 4 is 6.08 Å². The quantitative estimate of drug-likeness (QED) is 0.733. The highest BCUT2D eigenvalue weighted by molar-refractivity contribution is 5.47. The first-order chi connectivity index (χ1) is 7.99. The van der Waals surface area contributed by atoms with Crippen molar-refractivity contribution in [2.24, 2.45) is 0 Å². The fourth-order valence-corrected chi connectivity index (χ4v) is 1.64. The Labute approximate surface area is 105 Å². The smallest absolute Gasteiger partial charge is 0.109 e. The second-order valence-electron chi connectivity index (χ2n) is 5.19. The summed E-state index contributed by atoms with van der Waals surface area (Å²) in [5, 5.41) is 0. The Bertz CT molecular complexity index is 404. The van der Waals surface area contributed by atoms with E-state index in [1.54, 1.807) is 0 Å². The number of nitrogens with one attached hydrogen (secondary N) is 1. The molecule has 0 bridgehead atoms. The van der Waals surface area contributed by atoms with Gasteiger partial charge in [0.05, 0.1) is 11.9 Å². The van der Waals surface area contributed by atoms with Gasteiger partial charge in [0.1, 0.15) is 5.82 Å². The summed E-state index contributed by atoms with van der Waals surface area (Å²) in [6.07, 6.45) is 8.62. The van der Waals surface area contributed by atoms with Crippen molar-refractivity contribution in [2.45, 2.75) is 53.4 Å². The Morgan fingerprint density at radius 1 is 1.35 bits per heavy atom. The second-order valence-corrected chi connectivity index (χ2v) is 5.19. The van der Waals surface area contributed by atoms with Crippen LogP contribution in [0.15, 0.2) is 23.4 Å². The van der Waals surface area contributed by atoms with Gasteiger partial charge in [-0.25, -0.2) is 4.98 Å². The van der Waals surface area contributed by atoms with Gasteiger partial charge in [0.15, 0.2) is 0 Å². The summed E-state index contributed by atoms with van der Waals surface area (Å²) in [5.74, 6) is 1.52. The van der Waals surface area contributed by atoms with Gasteiger partial charge < -0.3 is 4.98 Å². The Morgan fingerprint density at radius 3 is 2.59 bits per heavy atom. The lowest BCUT2D eigenvalue weighted by Crippen LogP contribution is -1.89. The van der Waals surface area contributed by atoms with E-state index in [9.17, 15) is 0 Å². The first kappa shape index (κ1) is 13.8. The maximum atomic E-state index is 4.37. The maximum Gasteiger partial charge on any atom is 0.109 e. The monoisotopic (exact) mass is 232 g/mol. The molecule has 0 aliphatic carbocycles. The lowest BCUT2D eigenvalue weighted by atomic mass is 10.1. The average Bonchev–Trinajstić information content (AvgIpc) is 2.65. The highest BCUT2D eigenvalue weighted by atomic mass is 14.9. The molecule has 0 aliphatic heterocycles. The highest BCUT2D eigenvalue weighted by Crippen LogP contribution is 2.14. The van der Waals surface area contributed by atoms with E-state index in [1.807, 2.05) is 6.20 Å². The van der Waals surface area contributed by atoms with E-state index in [-0.39, 0.29) is 0 Å². The Kier molecular flexibility index (Phi) is 5.20. The van der Waals surface area contributed by atoms with Gasteiger partial charge in [0.25, 0.3) is 0 Å². The molecule has 0 radical (unpaired) electrons. The molecule has 0 aliphatic rings.